The summed E-state index contributed by atoms with van der Waals surface area (Å²) in [5.74, 6) is -0.0254. The Kier molecular flexibility index (Phi) is 11.4. The molecule has 1 atom stereocenters. The normalized spacial score (nSPS) is 15.5. The number of likely N-dealkylation sites (N-methyl/N-ethyl adjacent to an activating group) is 1. The summed E-state index contributed by atoms with van der Waals surface area (Å²) in [6.45, 7) is 5.28. The van der Waals surface area contributed by atoms with E-state index in [9.17, 15) is 14.9 Å². The maximum Gasteiger partial charge on any atom is 0.251 e. The van der Waals surface area contributed by atoms with Gasteiger partial charge in [-0.25, -0.2) is 0 Å². The summed E-state index contributed by atoms with van der Waals surface area (Å²) in [5, 5.41) is 15.5. The van der Waals surface area contributed by atoms with E-state index in [1.54, 1.807) is 12.1 Å². The summed E-state index contributed by atoms with van der Waals surface area (Å²) >= 11 is 0. The number of hydrogen-bond acceptors (Lipinski definition) is 5. The third-order valence-corrected chi connectivity index (χ3v) is 6.89. The van der Waals surface area contributed by atoms with Crippen LogP contribution in [-0.4, -0.2) is 55.5 Å². The van der Waals surface area contributed by atoms with Crippen LogP contribution in [-0.2, 0) is 4.79 Å². The molecular formula is C27H42N4O3. The van der Waals surface area contributed by atoms with Crippen molar-refractivity contribution in [1.82, 2.24) is 15.5 Å². The predicted octanol–water partition coefficient (Wildman–Crippen LogP) is 4.41. The second-order valence-electron chi connectivity index (χ2n) is 9.59. The minimum atomic E-state index is -0.613. The van der Waals surface area contributed by atoms with E-state index < -0.39 is 6.04 Å². The van der Waals surface area contributed by atoms with Gasteiger partial charge in [-0.1, -0.05) is 52.4 Å². The monoisotopic (exact) mass is 470 g/mol. The van der Waals surface area contributed by atoms with E-state index >= 15 is 0 Å². The number of rotatable bonds is 14. The number of ether oxygens (including phenoxy) is 1. The van der Waals surface area contributed by atoms with Gasteiger partial charge in [0.1, 0.15) is 17.9 Å². The Balaban J connectivity index is 1.99. The number of nitrogens with one attached hydrogen (secondary N) is 2. The van der Waals surface area contributed by atoms with Gasteiger partial charge >= 0.3 is 0 Å². The lowest BCUT2D eigenvalue weighted by molar-refractivity contribution is -0.123. The Morgan fingerprint density at radius 1 is 1.15 bits per heavy atom. The molecule has 0 bridgehead atoms. The molecule has 0 spiro atoms. The van der Waals surface area contributed by atoms with E-state index in [-0.39, 0.29) is 17.4 Å². The standard InChI is InChI=1S/C27H42N4O3/c1-5-7-8-11-17-34-24-14-13-21(18-22(24)19-28)25(32)30-23(12-6-2)26(33)29-20-27(31(3)4)15-9-10-16-27/h13-14,18,23H,5-12,15-17,20H2,1-4H3,(H,29,33)(H,30,32)/t23-/m0/s1. The first-order valence-corrected chi connectivity index (χ1v) is 12.8. The Labute approximate surface area is 205 Å². The lowest BCUT2D eigenvalue weighted by Crippen LogP contribution is -2.54. The van der Waals surface area contributed by atoms with Gasteiger partial charge in [0, 0.05) is 17.6 Å². The van der Waals surface area contributed by atoms with Gasteiger partial charge in [0.25, 0.3) is 5.91 Å². The van der Waals surface area contributed by atoms with Crippen molar-refractivity contribution in [3.05, 3.63) is 29.3 Å². The third kappa shape index (κ3) is 7.73. The molecule has 7 nitrogen and oxygen atoms in total. The quantitative estimate of drug-likeness (QED) is 0.393. The molecule has 1 aromatic carbocycles. The summed E-state index contributed by atoms with van der Waals surface area (Å²) in [4.78, 5) is 28.1. The third-order valence-electron chi connectivity index (χ3n) is 6.89. The molecule has 0 saturated heterocycles. The Morgan fingerprint density at radius 3 is 2.50 bits per heavy atom. The zero-order valence-electron chi connectivity index (χ0n) is 21.4. The van der Waals surface area contributed by atoms with E-state index in [0.717, 1.165) is 44.9 Å². The molecule has 1 saturated carbocycles. The molecule has 7 heteroatoms. The summed E-state index contributed by atoms with van der Waals surface area (Å²) in [7, 11) is 4.13. The minimum Gasteiger partial charge on any atom is -0.492 e. The van der Waals surface area contributed by atoms with Crippen molar-refractivity contribution in [3.8, 4) is 11.8 Å². The maximum absolute atomic E-state index is 13.0. The number of unbranched alkanes of at least 4 members (excludes halogenated alkanes) is 3. The lowest BCUT2D eigenvalue weighted by atomic mass is 9.95. The number of carbonyl (C=O) groups excluding carboxylic acids is 2. The van der Waals surface area contributed by atoms with Gasteiger partial charge < -0.3 is 20.3 Å². The van der Waals surface area contributed by atoms with Gasteiger partial charge in [-0.05, 0) is 58.0 Å². The fourth-order valence-electron chi connectivity index (χ4n) is 4.58. The van der Waals surface area contributed by atoms with E-state index in [2.05, 4.69) is 42.6 Å². The first kappa shape index (κ1) is 27.7. The van der Waals surface area contributed by atoms with Crippen LogP contribution in [0.1, 0.15) is 94.0 Å². The minimum absolute atomic E-state index is 0.00942. The van der Waals surface area contributed by atoms with Crippen LogP contribution in [0, 0.1) is 11.3 Å². The molecule has 0 aliphatic heterocycles. The van der Waals surface area contributed by atoms with Crippen LogP contribution in [0.2, 0.25) is 0 Å². The van der Waals surface area contributed by atoms with E-state index in [4.69, 9.17) is 4.74 Å². The van der Waals surface area contributed by atoms with Gasteiger partial charge in [-0.15, -0.1) is 0 Å². The molecule has 34 heavy (non-hydrogen) atoms. The van der Waals surface area contributed by atoms with Crippen molar-refractivity contribution in [1.29, 1.82) is 5.26 Å². The highest BCUT2D eigenvalue weighted by atomic mass is 16.5. The molecule has 2 amide bonds. The fourth-order valence-corrected chi connectivity index (χ4v) is 4.58. The van der Waals surface area contributed by atoms with Crippen molar-refractivity contribution in [2.75, 3.05) is 27.2 Å². The number of nitrogens with zero attached hydrogens (tertiary/aromatic N) is 2. The van der Waals surface area contributed by atoms with Crippen LogP contribution in [0.15, 0.2) is 18.2 Å². The molecule has 0 aromatic heterocycles. The highest BCUT2D eigenvalue weighted by Gasteiger charge is 2.36. The summed E-state index contributed by atoms with van der Waals surface area (Å²) in [6.07, 6.45) is 10.1. The van der Waals surface area contributed by atoms with Gasteiger partial charge in [0.2, 0.25) is 5.91 Å². The number of carbonyl (C=O) groups is 2. The lowest BCUT2D eigenvalue weighted by Gasteiger charge is -2.37. The largest absolute Gasteiger partial charge is 0.492 e. The second kappa shape index (κ2) is 14.0. The van der Waals surface area contributed by atoms with Crippen LogP contribution in [0.25, 0.3) is 0 Å². The summed E-state index contributed by atoms with van der Waals surface area (Å²) in [6, 6.07) is 6.37. The highest BCUT2D eigenvalue weighted by molar-refractivity contribution is 5.98. The smallest absolute Gasteiger partial charge is 0.251 e. The van der Waals surface area contributed by atoms with Crippen LogP contribution in [0.5, 0.6) is 5.75 Å². The van der Waals surface area contributed by atoms with Crippen molar-refractivity contribution >= 4 is 11.8 Å². The highest BCUT2D eigenvalue weighted by Crippen LogP contribution is 2.33. The second-order valence-corrected chi connectivity index (χ2v) is 9.59. The zero-order chi connectivity index (χ0) is 25.0. The predicted molar refractivity (Wildman–Crippen MR) is 135 cm³/mol. The van der Waals surface area contributed by atoms with Gasteiger partial charge in [0.15, 0.2) is 0 Å². The molecule has 0 radical (unpaired) electrons. The van der Waals surface area contributed by atoms with E-state index in [1.807, 2.05) is 6.92 Å². The molecule has 1 fully saturated rings. The molecule has 2 N–H and O–H groups in total. The maximum atomic E-state index is 13.0. The Bertz CT molecular complexity index is 841. The molecule has 1 aromatic rings. The first-order valence-electron chi connectivity index (χ1n) is 12.8. The molecular weight excluding hydrogens is 428 g/mol. The molecule has 0 heterocycles. The van der Waals surface area contributed by atoms with Crippen LogP contribution >= 0.6 is 0 Å². The van der Waals surface area contributed by atoms with Crippen LogP contribution < -0.4 is 15.4 Å². The average molecular weight is 471 g/mol. The SMILES string of the molecule is CCCCCCOc1ccc(C(=O)N[C@@H](CCC)C(=O)NCC2(N(C)C)CCCC2)cc1C#N. The number of amides is 2. The van der Waals surface area contributed by atoms with Crippen LogP contribution in [0.4, 0.5) is 0 Å². The number of hydrogen-bond donors (Lipinski definition) is 2. The Hall–Kier alpha value is -2.59. The summed E-state index contributed by atoms with van der Waals surface area (Å²) < 4.78 is 5.75. The molecule has 1 aliphatic rings. The number of benzene rings is 1. The van der Waals surface area contributed by atoms with Crippen molar-refractivity contribution in [2.24, 2.45) is 0 Å². The zero-order valence-corrected chi connectivity index (χ0v) is 21.4. The molecule has 1 aliphatic carbocycles. The topological polar surface area (TPSA) is 94.5 Å². The van der Waals surface area contributed by atoms with Gasteiger partial charge in [-0.3, -0.25) is 9.59 Å². The van der Waals surface area contributed by atoms with Gasteiger partial charge in [0.05, 0.1) is 12.2 Å². The van der Waals surface area contributed by atoms with Crippen molar-refractivity contribution in [2.45, 2.75) is 89.6 Å². The summed E-state index contributed by atoms with van der Waals surface area (Å²) in [5.41, 5.74) is 0.669. The van der Waals surface area contributed by atoms with Gasteiger partial charge in [-0.2, -0.15) is 5.26 Å². The van der Waals surface area contributed by atoms with E-state index in [1.165, 1.54) is 18.9 Å². The fraction of sp³-hybridized carbons (Fsp3) is 0.667. The molecule has 2 rings (SSSR count). The Morgan fingerprint density at radius 2 is 1.88 bits per heavy atom. The number of nitriles is 1. The average Bonchev–Trinajstić information content (AvgIpc) is 3.32. The molecule has 0 unspecified atom stereocenters. The first-order chi connectivity index (χ1) is 16.4. The van der Waals surface area contributed by atoms with Crippen molar-refractivity contribution < 1.29 is 14.3 Å². The molecule has 188 valence electrons. The van der Waals surface area contributed by atoms with Crippen molar-refractivity contribution in [3.63, 3.8) is 0 Å². The van der Waals surface area contributed by atoms with Crippen LogP contribution in [0.3, 0.4) is 0 Å². The van der Waals surface area contributed by atoms with E-state index in [0.29, 0.717) is 36.4 Å².